The summed E-state index contributed by atoms with van der Waals surface area (Å²) in [7, 11) is 0. The lowest BCUT2D eigenvalue weighted by Crippen LogP contribution is -2.54. The van der Waals surface area contributed by atoms with Crippen LogP contribution in [0.1, 0.15) is 0 Å². The van der Waals surface area contributed by atoms with E-state index in [-0.39, 0.29) is 39.5 Å². The topological polar surface area (TPSA) is 173 Å². The van der Waals surface area contributed by atoms with Gasteiger partial charge in [0.15, 0.2) is 18.3 Å². The van der Waals surface area contributed by atoms with Crippen molar-refractivity contribution in [1.29, 1.82) is 0 Å². The Bertz CT molecular complexity index is 1110. The molecule has 0 bridgehead atoms. The van der Waals surface area contributed by atoms with Gasteiger partial charge in [0, 0.05) is 0 Å². The maximum absolute atomic E-state index is 13.0. The van der Waals surface area contributed by atoms with E-state index in [2.05, 4.69) is 14.2 Å². The van der Waals surface area contributed by atoms with Crippen molar-refractivity contribution in [3.8, 4) is 0 Å². The number of carbonyl (C=O) groups is 3. The van der Waals surface area contributed by atoms with E-state index in [4.69, 9.17) is 14.2 Å². The standard InChI is InChI=1S/C21H21N3O12/c25-16-22(7-1-4-13-10-31-19(28)34-13)17(26)24(9-3-6-15-12-33-21(30)36-15)18(27)23(16)8-2-5-14-11-32-20(29)35-14/h1-6,13-15H,7-12H2/b4-1+,5-2+,6-3+. The molecule has 3 atom stereocenters. The Morgan fingerprint density at radius 3 is 1.03 bits per heavy atom. The Kier molecular flexibility index (Phi) is 7.36. The third kappa shape index (κ3) is 5.73. The van der Waals surface area contributed by atoms with Crippen molar-refractivity contribution in [3.63, 3.8) is 0 Å². The molecule has 36 heavy (non-hydrogen) atoms. The van der Waals surface area contributed by atoms with Gasteiger partial charge in [-0.25, -0.2) is 42.5 Å². The van der Waals surface area contributed by atoms with Crippen LogP contribution in [0, 0.1) is 0 Å². The smallest absolute Gasteiger partial charge is 0.430 e. The minimum atomic E-state index is -0.878. The van der Waals surface area contributed by atoms with Gasteiger partial charge in [-0.3, -0.25) is 0 Å². The van der Waals surface area contributed by atoms with E-state index in [0.29, 0.717) is 0 Å². The molecule has 192 valence electrons. The van der Waals surface area contributed by atoms with Gasteiger partial charge in [0.2, 0.25) is 0 Å². The first kappa shape index (κ1) is 24.6. The van der Waals surface area contributed by atoms with Gasteiger partial charge >= 0.3 is 35.5 Å². The number of hydrogen-bond acceptors (Lipinski definition) is 12. The fourth-order valence-corrected chi connectivity index (χ4v) is 3.42. The Hall–Kier alpha value is -4.56. The van der Waals surface area contributed by atoms with Gasteiger partial charge in [-0.2, -0.15) is 0 Å². The van der Waals surface area contributed by atoms with Crippen molar-refractivity contribution >= 4 is 18.5 Å². The molecule has 15 heteroatoms. The minimum Gasteiger partial charge on any atom is -0.430 e. The van der Waals surface area contributed by atoms with Crippen LogP contribution in [0.15, 0.2) is 50.8 Å². The summed E-state index contributed by atoms with van der Waals surface area (Å²) < 4.78 is 31.1. The molecule has 0 aliphatic carbocycles. The summed E-state index contributed by atoms with van der Waals surface area (Å²) in [6, 6.07) is 0. The third-order valence-electron chi connectivity index (χ3n) is 5.14. The molecule has 1 aromatic rings. The normalized spacial score (nSPS) is 23.7. The molecule has 0 aromatic carbocycles. The summed E-state index contributed by atoms with van der Waals surface area (Å²) >= 11 is 0. The maximum Gasteiger partial charge on any atom is 0.509 e. The lowest BCUT2D eigenvalue weighted by atomic mass is 10.3. The average molecular weight is 507 g/mol. The van der Waals surface area contributed by atoms with Crippen LogP contribution in [-0.2, 0) is 48.1 Å². The molecule has 3 unspecified atom stereocenters. The minimum absolute atomic E-state index is 0.00549. The molecule has 0 spiro atoms. The van der Waals surface area contributed by atoms with Gasteiger partial charge in [0.05, 0.1) is 19.6 Å². The van der Waals surface area contributed by atoms with Crippen molar-refractivity contribution in [2.75, 3.05) is 19.8 Å². The maximum atomic E-state index is 13.0. The van der Waals surface area contributed by atoms with Crippen LogP contribution in [-0.4, -0.2) is 70.3 Å². The molecule has 4 rings (SSSR count). The summed E-state index contributed by atoms with van der Waals surface area (Å²) in [6.45, 7) is -0.678. The molecular weight excluding hydrogens is 486 g/mol. The van der Waals surface area contributed by atoms with E-state index < -0.39 is 53.8 Å². The highest BCUT2D eigenvalue weighted by molar-refractivity contribution is 5.63. The monoisotopic (exact) mass is 507 g/mol. The van der Waals surface area contributed by atoms with Crippen molar-refractivity contribution in [2.45, 2.75) is 37.9 Å². The van der Waals surface area contributed by atoms with Gasteiger partial charge in [-0.1, -0.05) is 18.2 Å². The molecule has 3 saturated heterocycles. The second-order valence-electron chi connectivity index (χ2n) is 7.62. The van der Waals surface area contributed by atoms with Gasteiger partial charge < -0.3 is 28.4 Å². The molecule has 4 heterocycles. The van der Waals surface area contributed by atoms with E-state index >= 15 is 0 Å². The molecule has 0 saturated carbocycles. The fourth-order valence-electron chi connectivity index (χ4n) is 3.42. The van der Waals surface area contributed by atoms with Crippen LogP contribution in [0.5, 0.6) is 0 Å². The Labute approximate surface area is 201 Å². The molecule has 1 aromatic heterocycles. The molecule has 15 nitrogen and oxygen atoms in total. The number of carbonyl (C=O) groups excluding carboxylic acids is 3. The van der Waals surface area contributed by atoms with Crippen LogP contribution >= 0.6 is 0 Å². The van der Waals surface area contributed by atoms with Crippen molar-refractivity contribution in [2.24, 2.45) is 0 Å². The lowest BCUT2D eigenvalue weighted by Gasteiger charge is -2.11. The summed E-state index contributed by atoms with van der Waals surface area (Å²) in [5.74, 6) is 0. The van der Waals surface area contributed by atoms with Crippen molar-refractivity contribution < 1.29 is 42.8 Å². The zero-order chi connectivity index (χ0) is 25.7. The SMILES string of the molecule is O=C1OCC(/C=C/Cn2c(=O)n(C/C=C/C3COC(=O)O3)c(=O)n(C/C=C/C3COC(=O)O3)c2=O)O1. The van der Waals surface area contributed by atoms with Gasteiger partial charge in [0.25, 0.3) is 0 Å². The van der Waals surface area contributed by atoms with E-state index in [1.807, 2.05) is 0 Å². The van der Waals surface area contributed by atoms with E-state index in [9.17, 15) is 28.8 Å². The Balaban J connectivity index is 1.58. The number of hydrogen-bond donors (Lipinski definition) is 0. The first-order valence-electron chi connectivity index (χ1n) is 10.8. The van der Waals surface area contributed by atoms with Gasteiger partial charge in [-0.05, 0) is 18.2 Å². The first-order chi connectivity index (χ1) is 17.3. The number of nitrogens with zero attached hydrogens (tertiary/aromatic N) is 3. The van der Waals surface area contributed by atoms with Crippen LogP contribution in [0.3, 0.4) is 0 Å². The number of aromatic nitrogens is 3. The lowest BCUT2D eigenvalue weighted by molar-refractivity contribution is 0.124. The molecule has 3 fully saturated rings. The number of allylic oxidation sites excluding steroid dienone is 3. The second kappa shape index (κ2) is 10.8. The fraction of sp³-hybridized carbons (Fsp3) is 0.429. The molecule has 0 amide bonds. The molecular formula is C21H21N3O12. The third-order valence-corrected chi connectivity index (χ3v) is 5.14. The number of cyclic esters (lactones) is 6. The summed E-state index contributed by atoms with van der Waals surface area (Å²) in [6.07, 6.45) is 4.20. The van der Waals surface area contributed by atoms with Crippen LogP contribution in [0.4, 0.5) is 14.4 Å². The predicted octanol–water partition coefficient (Wildman–Crippen LogP) is -0.553. The summed E-state index contributed by atoms with van der Waals surface area (Å²) in [4.78, 5) is 72.0. The van der Waals surface area contributed by atoms with Crippen LogP contribution < -0.4 is 17.1 Å². The van der Waals surface area contributed by atoms with Crippen LogP contribution in [0.2, 0.25) is 0 Å². The highest BCUT2D eigenvalue weighted by atomic mass is 16.8. The molecule has 0 N–H and O–H groups in total. The summed E-state index contributed by atoms with van der Waals surface area (Å²) in [5, 5.41) is 0. The molecule has 0 radical (unpaired) electrons. The molecule has 3 aliphatic rings. The van der Waals surface area contributed by atoms with E-state index in [0.717, 1.165) is 13.7 Å². The number of ether oxygens (including phenoxy) is 6. The molecule has 3 aliphatic heterocycles. The summed E-state index contributed by atoms with van der Waals surface area (Å²) in [5.41, 5.74) is -2.63. The second-order valence-corrected chi connectivity index (χ2v) is 7.62. The van der Waals surface area contributed by atoms with E-state index in [1.54, 1.807) is 0 Å². The van der Waals surface area contributed by atoms with E-state index in [1.165, 1.54) is 36.5 Å². The average Bonchev–Trinajstić information content (AvgIpc) is 3.57. The van der Waals surface area contributed by atoms with Gasteiger partial charge in [-0.15, -0.1) is 0 Å². The first-order valence-corrected chi connectivity index (χ1v) is 10.8. The largest absolute Gasteiger partial charge is 0.509 e. The predicted molar refractivity (Wildman–Crippen MR) is 115 cm³/mol. The zero-order valence-electron chi connectivity index (χ0n) is 18.7. The van der Waals surface area contributed by atoms with Gasteiger partial charge in [0.1, 0.15) is 19.8 Å². The van der Waals surface area contributed by atoms with Crippen LogP contribution in [0.25, 0.3) is 0 Å². The van der Waals surface area contributed by atoms with Crippen molar-refractivity contribution in [1.82, 2.24) is 13.7 Å². The quantitative estimate of drug-likeness (QED) is 0.237. The highest BCUT2D eigenvalue weighted by Crippen LogP contribution is 2.08. The zero-order valence-corrected chi connectivity index (χ0v) is 18.7. The Morgan fingerprint density at radius 2 is 0.806 bits per heavy atom. The van der Waals surface area contributed by atoms with Crippen molar-refractivity contribution in [3.05, 3.63) is 67.9 Å². The highest BCUT2D eigenvalue weighted by Gasteiger charge is 2.24. The Morgan fingerprint density at radius 1 is 0.528 bits per heavy atom. The number of rotatable bonds is 9.